The lowest BCUT2D eigenvalue weighted by molar-refractivity contribution is -0.138. The number of esters is 1. The highest BCUT2D eigenvalue weighted by atomic mass is 35.5. The summed E-state index contributed by atoms with van der Waals surface area (Å²) in [6.07, 6.45) is -4.80. The fourth-order valence-corrected chi connectivity index (χ4v) is 1.56. The molecule has 0 unspecified atom stereocenters. The van der Waals surface area contributed by atoms with Gasteiger partial charge in [-0.15, -0.1) is 0 Å². The maximum atomic E-state index is 12.7. The number of carbonyl (C=O) groups excluding carboxylic acids is 1. The number of methoxy groups -OCH3 is 1. The van der Waals surface area contributed by atoms with Crippen molar-refractivity contribution in [1.82, 2.24) is 0 Å². The van der Waals surface area contributed by atoms with Crippen LogP contribution in [0.15, 0.2) is 12.1 Å². The molecule has 0 saturated heterocycles. The van der Waals surface area contributed by atoms with E-state index in [0.29, 0.717) is 0 Å². The van der Waals surface area contributed by atoms with Gasteiger partial charge >= 0.3 is 12.1 Å². The number of ether oxygens (including phenoxy) is 1. The number of hydrogen-bond donors (Lipinski definition) is 0. The van der Waals surface area contributed by atoms with Crippen LogP contribution in [0.1, 0.15) is 21.5 Å². The molecule has 3 nitrogen and oxygen atoms in total. The molecule has 0 aliphatic rings. The van der Waals surface area contributed by atoms with Crippen LogP contribution < -0.4 is 0 Å². The summed E-state index contributed by atoms with van der Waals surface area (Å²) in [5.74, 6) is -1.20. The summed E-state index contributed by atoms with van der Waals surface area (Å²) < 4.78 is 42.2. The molecule has 0 aliphatic carbocycles. The van der Waals surface area contributed by atoms with E-state index in [1.165, 1.54) is 0 Å². The number of halogens is 4. The summed E-state index contributed by atoms with van der Waals surface area (Å²) in [5, 5.41) is 7.88. The molecule has 0 radical (unpaired) electrons. The lowest BCUT2D eigenvalue weighted by Gasteiger charge is -2.13. The molecule has 0 heterocycles. The van der Waals surface area contributed by atoms with Crippen molar-refractivity contribution in [3.8, 4) is 6.07 Å². The van der Waals surface area contributed by atoms with Crippen LogP contribution in [0.2, 0.25) is 5.02 Å². The van der Waals surface area contributed by atoms with E-state index in [4.69, 9.17) is 16.9 Å². The number of hydrogen-bond acceptors (Lipinski definition) is 3. The van der Waals surface area contributed by atoms with Gasteiger partial charge in [0.1, 0.15) is 0 Å². The van der Waals surface area contributed by atoms with Crippen molar-refractivity contribution in [1.29, 1.82) is 5.26 Å². The van der Waals surface area contributed by atoms with Crippen LogP contribution >= 0.6 is 11.6 Å². The molecule has 1 aromatic carbocycles. The Morgan fingerprint density at radius 1 is 1.47 bits per heavy atom. The van der Waals surface area contributed by atoms with Gasteiger partial charge in [-0.1, -0.05) is 11.6 Å². The first-order chi connectivity index (χ1) is 7.81. The van der Waals surface area contributed by atoms with Crippen LogP contribution in [0.25, 0.3) is 0 Å². The molecule has 0 aromatic heterocycles. The second-order valence-electron chi connectivity index (χ2n) is 2.98. The van der Waals surface area contributed by atoms with Crippen molar-refractivity contribution in [2.75, 3.05) is 7.11 Å². The van der Waals surface area contributed by atoms with Gasteiger partial charge in [-0.3, -0.25) is 0 Å². The van der Waals surface area contributed by atoms with E-state index in [9.17, 15) is 18.0 Å². The van der Waals surface area contributed by atoms with E-state index in [0.717, 1.165) is 19.2 Å². The van der Waals surface area contributed by atoms with Gasteiger partial charge < -0.3 is 4.74 Å². The maximum Gasteiger partial charge on any atom is 0.418 e. The third-order valence-corrected chi connectivity index (χ3v) is 2.21. The SMILES string of the molecule is COC(=O)c1cc(C#N)cc(Cl)c1C(F)(F)F. The molecule has 17 heavy (non-hydrogen) atoms. The Labute approximate surface area is 99.4 Å². The van der Waals surface area contributed by atoms with E-state index in [1.54, 1.807) is 6.07 Å². The number of alkyl halides is 3. The summed E-state index contributed by atoms with van der Waals surface area (Å²) in [6, 6.07) is 3.24. The molecule has 0 saturated carbocycles. The number of benzene rings is 1. The van der Waals surface area contributed by atoms with Crippen molar-refractivity contribution in [3.05, 3.63) is 33.8 Å². The van der Waals surface area contributed by atoms with Crippen LogP contribution in [-0.2, 0) is 10.9 Å². The molecule has 0 amide bonds. The zero-order chi connectivity index (χ0) is 13.2. The Hall–Kier alpha value is -1.74. The first-order valence-corrected chi connectivity index (χ1v) is 4.58. The van der Waals surface area contributed by atoms with Crippen LogP contribution in [-0.4, -0.2) is 13.1 Å². The molecule has 1 aromatic rings. The largest absolute Gasteiger partial charge is 0.465 e. The monoisotopic (exact) mass is 263 g/mol. The van der Waals surface area contributed by atoms with Gasteiger partial charge in [0, 0.05) is 0 Å². The zero-order valence-corrected chi connectivity index (χ0v) is 9.19. The molecule has 0 aliphatic heterocycles. The van der Waals surface area contributed by atoms with Crippen molar-refractivity contribution < 1.29 is 22.7 Å². The second kappa shape index (κ2) is 4.63. The van der Waals surface area contributed by atoms with Gasteiger partial charge in [0.25, 0.3) is 0 Å². The maximum absolute atomic E-state index is 12.7. The summed E-state index contributed by atoms with van der Waals surface area (Å²) >= 11 is 5.42. The quantitative estimate of drug-likeness (QED) is 0.732. The average molecular weight is 264 g/mol. The fourth-order valence-electron chi connectivity index (χ4n) is 1.23. The zero-order valence-electron chi connectivity index (χ0n) is 8.43. The van der Waals surface area contributed by atoms with Gasteiger partial charge in [0.2, 0.25) is 0 Å². The molecular formula is C10H5ClF3NO2. The first kappa shape index (κ1) is 13.3. The minimum Gasteiger partial charge on any atom is -0.465 e. The van der Waals surface area contributed by atoms with Crippen LogP contribution in [0.3, 0.4) is 0 Å². The topological polar surface area (TPSA) is 50.1 Å². The predicted molar refractivity (Wildman–Crippen MR) is 52.5 cm³/mol. The Balaban J connectivity index is 3.58. The second-order valence-corrected chi connectivity index (χ2v) is 3.39. The van der Waals surface area contributed by atoms with Gasteiger partial charge in [-0.2, -0.15) is 18.4 Å². The standard InChI is InChI=1S/C10H5ClF3NO2/c1-17-9(16)6-2-5(4-15)3-7(11)8(6)10(12,13)14/h2-3H,1H3. The van der Waals surface area contributed by atoms with Crippen molar-refractivity contribution >= 4 is 17.6 Å². The third-order valence-electron chi connectivity index (χ3n) is 1.91. The van der Waals surface area contributed by atoms with E-state index in [1.807, 2.05) is 0 Å². The molecule has 0 bridgehead atoms. The summed E-state index contributed by atoms with van der Waals surface area (Å²) in [4.78, 5) is 11.2. The molecule has 0 N–H and O–H groups in total. The Morgan fingerprint density at radius 2 is 2.06 bits per heavy atom. The number of rotatable bonds is 1. The summed E-state index contributed by atoms with van der Waals surface area (Å²) in [7, 11) is 0.940. The van der Waals surface area contributed by atoms with E-state index < -0.39 is 28.3 Å². The van der Waals surface area contributed by atoms with Gasteiger partial charge in [0.05, 0.1) is 34.9 Å². The van der Waals surface area contributed by atoms with Gasteiger partial charge in [-0.25, -0.2) is 4.79 Å². The van der Waals surface area contributed by atoms with Crippen molar-refractivity contribution in [2.45, 2.75) is 6.18 Å². The van der Waals surface area contributed by atoms with Crippen LogP contribution in [0.5, 0.6) is 0 Å². The molecule has 90 valence electrons. The predicted octanol–water partition coefficient (Wildman–Crippen LogP) is 3.02. The number of carbonyl (C=O) groups is 1. The fraction of sp³-hybridized carbons (Fsp3) is 0.200. The molecule has 0 fully saturated rings. The number of nitriles is 1. The normalized spacial score (nSPS) is 10.8. The van der Waals surface area contributed by atoms with E-state index in [-0.39, 0.29) is 5.56 Å². The van der Waals surface area contributed by atoms with E-state index in [2.05, 4.69) is 4.74 Å². The minimum absolute atomic E-state index is 0.150. The average Bonchev–Trinajstić information content (AvgIpc) is 2.24. The highest BCUT2D eigenvalue weighted by molar-refractivity contribution is 6.32. The van der Waals surface area contributed by atoms with E-state index >= 15 is 0 Å². The van der Waals surface area contributed by atoms with Crippen LogP contribution in [0, 0.1) is 11.3 Å². The summed E-state index contributed by atoms with van der Waals surface area (Å²) in [6.45, 7) is 0. The molecule has 0 spiro atoms. The van der Waals surface area contributed by atoms with Gasteiger partial charge in [0.15, 0.2) is 0 Å². The van der Waals surface area contributed by atoms with Crippen molar-refractivity contribution in [2.24, 2.45) is 0 Å². The number of nitrogens with zero attached hydrogens (tertiary/aromatic N) is 1. The lowest BCUT2D eigenvalue weighted by Crippen LogP contribution is -2.15. The van der Waals surface area contributed by atoms with Crippen LogP contribution in [0.4, 0.5) is 13.2 Å². The Kier molecular flexibility index (Phi) is 3.63. The summed E-state index contributed by atoms with van der Waals surface area (Å²) in [5.41, 5.74) is -2.22. The molecular weight excluding hydrogens is 259 g/mol. The molecule has 0 atom stereocenters. The highest BCUT2D eigenvalue weighted by Crippen LogP contribution is 2.38. The first-order valence-electron chi connectivity index (χ1n) is 4.20. The third kappa shape index (κ3) is 2.68. The molecule has 7 heteroatoms. The Bertz CT molecular complexity index is 505. The minimum atomic E-state index is -4.80. The Morgan fingerprint density at radius 3 is 2.47 bits per heavy atom. The smallest absolute Gasteiger partial charge is 0.418 e. The van der Waals surface area contributed by atoms with Gasteiger partial charge in [-0.05, 0) is 12.1 Å². The van der Waals surface area contributed by atoms with Crippen molar-refractivity contribution in [3.63, 3.8) is 0 Å². The molecule has 1 rings (SSSR count). The lowest BCUT2D eigenvalue weighted by atomic mass is 10.0. The highest BCUT2D eigenvalue weighted by Gasteiger charge is 2.38.